The monoisotopic (exact) mass is 239 g/mol. The Morgan fingerprint density at radius 1 is 1.50 bits per heavy atom. The minimum absolute atomic E-state index is 0.0371. The van der Waals surface area contributed by atoms with E-state index in [0.29, 0.717) is 0 Å². The summed E-state index contributed by atoms with van der Waals surface area (Å²) >= 11 is 4.54. The van der Waals surface area contributed by atoms with E-state index in [-0.39, 0.29) is 18.0 Å². The quantitative estimate of drug-likeness (QED) is 0.486. The Labute approximate surface area is 88.1 Å². The SMILES string of the molecule is CC(C(N)=S)S(=O)(=O)NCCC(N)=O. The summed E-state index contributed by atoms with van der Waals surface area (Å²) in [6, 6.07) is 0. The van der Waals surface area contributed by atoms with Crippen LogP contribution in [-0.4, -0.2) is 31.1 Å². The molecule has 0 aromatic rings. The Morgan fingerprint density at radius 2 is 2.00 bits per heavy atom. The lowest BCUT2D eigenvalue weighted by atomic mass is 10.4. The number of amides is 1. The van der Waals surface area contributed by atoms with E-state index < -0.39 is 21.2 Å². The normalized spacial score (nSPS) is 13.5. The van der Waals surface area contributed by atoms with Crippen molar-refractivity contribution in [2.24, 2.45) is 11.5 Å². The molecule has 0 aliphatic heterocycles. The Morgan fingerprint density at radius 3 is 2.36 bits per heavy atom. The van der Waals surface area contributed by atoms with Crippen LogP contribution in [-0.2, 0) is 14.8 Å². The maximum absolute atomic E-state index is 11.3. The van der Waals surface area contributed by atoms with Gasteiger partial charge >= 0.3 is 0 Å². The maximum atomic E-state index is 11.3. The number of rotatable bonds is 6. The number of sulfonamides is 1. The molecule has 0 fully saturated rings. The van der Waals surface area contributed by atoms with Gasteiger partial charge in [-0.15, -0.1) is 0 Å². The molecule has 0 aliphatic rings. The first-order valence-electron chi connectivity index (χ1n) is 3.83. The van der Waals surface area contributed by atoms with Crippen LogP contribution in [0.5, 0.6) is 0 Å². The van der Waals surface area contributed by atoms with Crippen molar-refractivity contribution in [1.82, 2.24) is 4.72 Å². The van der Waals surface area contributed by atoms with Crippen molar-refractivity contribution >= 4 is 33.1 Å². The Hall–Kier alpha value is -0.730. The summed E-state index contributed by atoms with van der Waals surface area (Å²) < 4.78 is 24.8. The Kier molecular flexibility index (Phi) is 4.95. The minimum Gasteiger partial charge on any atom is -0.392 e. The summed E-state index contributed by atoms with van der Waals surface area (Å²) in [6.45, 7) is 1.33. The number of nitrogens with two attached hydrogens (primary N) is 2. The lowest BCUT2D eigenvalue weighted by molar-refractivity contribution is -0.117. The van der Waals surface area contributed by atoms with Crippen LogP contribution in [0.1, 0.15) is 13.3 Å². The molecule has 6 nitrogen and oxygen atoms in total. The van der Waals surface area contributed by atoms with E-state index in [0.717, 1.165) is 0 Å². The summed E-state index contributed by atoms with van der Waals surface area (Å²) in [7, 11) is -3.58. The molecule has 0 rings (SSSR count). The number of carbonyl (C=O) groups is 1. The second-order valence-electron chi connectivity index (χ2n) is 2.70. The first kappa shape index (κ1) is 13.3. The fraction of sp³-hybridized carbons (Fsp3) is 0.667. The van der Waals surface area contributed by atoms with Crippen LogP contribution in [0.3, 0.4) is 0 Å². The van der Waals surface area contributed by atoms with Gasteiger partial charge in [-0.05, 0) is 6.92 Å². The third-order valence-electron chi connectivity index (χ3n) is 1.54. The zero-order valence-electron chi connectivity index (χ0n) is 7.69. The highest BCUT2D eigenvalue weighted by Crippen LogP contribution is 1.98. The van der Waals surface area contributed by atoms with Crippen LogP contribution in [0, 0.1) is 0 Å². The van der Waals surface area contributed by atoms with Crippen LogP contribution in [0.4, 0.5) is 0 Å². The molecule has 0 saturated heterocycles. The number of hydrogen-bond acceptors (Lipinski definition) is 4. The number of thiocarbonyl (C=S) groups is 1. The van der Waals surface area contributed by atoms with Gasteiger partial charge in [0.25, 0.3) is 0 Å². The van der Waals surface area contributed by atoms with Gasteiger partial charge in [0.05, 0.1) is 4.99 Å². The van der Waals surface area contributed by atoms with Crippen molar-refractivity contribution in [3.05, 3.63) is 0 Å². The van der Waals surface area contributed by atoms with Crippen molar-refractivity contribution < 1.29 is 13.2 Å². The fourth-order valence-corrected chi connectivity index (χ4v) is 1.92. The predicted molar refractivity (Wildman–Crippen MR) is 57.0 cm³/mol. The molecule has 1 unspecified atom stereocenters. The van der Waals surface area contributed by atoms with Crippen LogP contribution < -0.4 is 16.2 Å². The zero-order chi connectivity index (χ0) is 11.4. The minimum atomic E-state index is -3.58. The van der Waals surface area contributed by atoms with E-state index in [9.17, 15) is 13.2 Å². The third kappa shape index (κ3) is 4.49. The highest BCUT2D eigenvalue weighted by Gasteiger charge is 2.22. The van der Waals surface area contributed by atoms with Gasteiger partial charge in [-0.2, -0.15) is 0 Å². The number of carbonyl (C=O) groups excluding carboxylic acids is 1. The van der Waals surface area contributed by atoms with E-state index in [1.807, 2.05) is 0 Å². The lowest BCUT2D eigenvalue weighted by Gasteiger charge is -2.11. The smallest absolute Gasteiger partial charge is 0.220 e. The van der Waals surface area contributed by atoms with Gasteiger partial charge < -0.3 is 11.5 Å². The molecule has 82 valence electrons. The summed E-state index contributed by atoms with van der Waals surface area (Å²) in [5.74, 6) is -0.573. The van der Waals surface area contributed by atoms with E-state index in [2.05, 4.69) is 16.9 Å². The molecule has 5 N–H and O–H groups in total. The van der Waals surface area contributed by atoms with Gasteiger partial charge in [-0.3, -0.25) is 4.79 Å². The second kappa shape index (κ2) is 5.23. The first-order valence-corrected chi connectivity index (χ1v) is 5.79. The highest BCUT2D eigenvalue weighted by molar-refractivity contribution is 7.93. The standard InChI is InChI=1S/C6H13N3O3S2/c1-4(6(8)13)14(11,12)9-3-2-5(7)10/h4,9H,2-3H2,1H3,(H2,7,10)(H2,8,13). The summed E-state index contributed by atoms with van der Waals surface area (Å²) in [6.07, 6.45) is -0.0523. The molecule has 0 aliphatic carbocycles. The van der Waals surface area contributed by atoms with Gasteiger partial charge in [0, 0.05) is 13.0 Å². The number of hydrogen-bond donors (Lipinski definition) is 3. The second-order valence-corrected chi connectivity index (χ2v) is 5.26. The van der Waals surface area contributed by atoms with Crippen molar-refractivity contribution in [3.63, 3.8) is 0 Å². The molecule has 0 aromatic heterocycles. The lowest BCUT2D eigenvalue weighted by Crippen LogP contribution is -2.41. The fourth-order valence-electron chi connectivity index (χ4n) is 0.594. The zero-order valence-corrected chi connectivity index (χ0v) is 9.32. The average Bonchev–Trinajstić information content (AvgIpc) is 2.01. The van der Waals surface area contributed by atoms with Gasteiger partial charge in [0.15, 0.2) is 0 Å². The van der Waals surface area contributed by atoms with Gasteiger partial charge in [-0.25, -0.2) is 13.1 Å². The molecule has 0 saturated carbocycles. The van der Waals surface area contributed by atoms with Crippen LogP contribution in [0.15, 0.2) is 0 Å². The molecular formula is C6H13N3O3S2. The third-order valence-corrected chi connectivity index (χ3v) is 3.83. The molecule has 0 heterocycles. The van der Waals surface area contributed by atoms with Crippen molar-refractivity contribution in [1.29, 1.82) is 0 Å². The molecular weight excluding hydrogens is 226 g/mol. The van der Waals surface area contributed by atoms with Crippen molar-refractivity contribution in [2.45, 2.75) is 18.6 Å². The predicted octanol–water partition coefficient (Wildman–Crippen LogP) is -1.54. The topological polar surface area (TPSA) is 115 Å². The van der Waals surface area contributed by atoms with Gasteiger partial charge in [-0.1, -0.05) is 12.2 Å². The molecule has 0 radical (unpaired) electrons. The Balaban J connectivity index is 4.22. The summed E-state index contributed by atoms with van der Waals surface area (Å²) in [5, 5.41) is -0.953. The molecule has 1 amide bonds. The maximum Gasteiger partial charge on any atom is 0.220 e. The van der Waals surface area contributed by atoms with E-state index >= 15 is 0 Å². The van der Waals surface area contributed by atoms with Crippen LogP contribution in [0.2, 0.25) is 0 Å². The van der Waals surface area contributed by atoms with Crippen LogP contribution in [0.25, 0.3) is 0 Å². The summed E-state index contributed by atoms with van der Waals surface area (Å²) in [4.78, 5) is 10.2. The molecule has 8 heteroatoms. The molecule has 0 aromatic carbocycles. The van der Waals surface area contributed by atoms with E-state index in [1.165, 1.54) is 6.92 Å². The molecule has 14 heavy (non-hydrogen) atoms. The average molecular weight is 239 g/mol. The molecule has 0 bridgehead atoms. The van der Waals surface area contributed by atoms with Gasteiger partial charge in [0.2, 0.25) is 15.9 Å². The molecule has 1 atom stereocenters. The largest absolute Gasteiger partial charge is 0.392 e. The van der Waals surface area contributed by atoms with Gasteiger partial charge in [0.1, 0.15) is 5.25 Å². The summed E-state index contributed by atoms with van der Waals surface area (Å²) in [5.41, 5.74) is 10.0. The number of nitrogens with one attached hydrogen (secondary N) is 1. The Bertz CT molecular complexity index is 325. The number of primary amides is 1. The van der Waals surface area contributed by atoms with E-state index in [1.54, 1.807) is 0 Å². The highest BCUT2D eigenvalue weighted by atomic mass is 32.2. The van der Waals surface area contributed by atoms with Crippen LogP contribution >= 0.6 is 12.2 Å². The molecule has 0 spiro atoms. The van der Waals surface area contributed by atoms with Crippen molar-refractivity contribution in [2.75, 3.05) is 6.54 Å². The van der Waals surface area contributed by atoms with Crippen molar-refractivity contribution in [3.8, 4) is 0 Å². The van der Waals surface area contributed by atoms with E-state index in [4.69, 9.17) is 11.5 Å². The first-order chi connectivity index (χ1) is 6.27.